The van der Waals surface area contributed by atoms with E-state index < -0.39 is 15.7 Å². The van der Waals surface area contributed by atoms with Gasteiger partial charge in [-0.3, -0.25) is 4.79 Å². The van der Waals surface area contributed by atoms with Gasteiger partial charge in [-0.1, -0.05) is 17.7 Å². The Morgan fingerprint density at radius 1 is 1.19 bits per heavy atom. The van der Waals surface area contributed by atoms with E-state index in [1.807, 2.05) is 0 Å². The largest absolute Gasteiger partial charge is 0.320 e. The topological polar surface area (TPSA) is 89.0 Å². The Morgan fingerprint density at radius 3 is 2.48 bits per heavy atom. The Hall–Kier alpha value is -1.99. The SMILES string of the molecule is Cc1ccc(S(C)(=O)=O)cc1NC(=O)c1ccc(Cl)nn1. The third-order valence-electron chi connectivity index (χ3n) is 2.75. The van der Waals surface area contributed by atoms with Gasteiger partial charge in [0.15, 0.2) is 20.7 Å². The van der Waals surface area contributed by atoms with Gasteiger partial charge < -0.3 is 5.32 Å². The van der Waals surface area contributed by atoms with Crippen molar-refractivity contribution in [1.82, 2.24) is 10.2 Å². The third-order valence-corrected chi connectivity index (χ3v) is 4.06. The normalized spacial score (nSPS) is 11.2. The van der Waals surface area contributed by atoms with Crippen LogP contribution < -0.4 is 5.32 Å². The molecule has 0 aliphatic rings. The molecule has 1 N–H and O–H groups in total. The molecule has 1 heterocycles. The maximum atomic E-state index is 12.0. The second-order valence-corrected chi connectivity index (χ2v) is 6.85. The number of nitrogens with zero attached hydrogens (tertiary/aromatic N) is 2. The van der Waals surface area contributed by atoms with Crippen molar-refractivity contribution >= 4 is 33.0 Å². The molecule has 0 bridgehead atoms. The highest BCUT2D eigenvalue weighted by molar-refractivity contribution is 7.90. The average Bonchev–Trinajstić information content (AvgIpc) is 2.40. The van der Waals surface area contributed by atoms with Crippen LogP contribution in [0.15, 0.2) is 35.2 Å². The summed E-state index contributed by atoms with van der Waals surface area (Å²) in [5, 5.41) is 10.0. The number of sulfone groups is 1. The van der Waals surface area contributed by atoms with E-state index in [2.05, 4.69) is 15.5 Å². The molecule has 0 fully saturated rings. The van der Waals surface area contributed by atoms with E-state index >= 15 is 0 Å². The molecule has 0 saturated heterocycles. The molecule has 0 aliphatic carbocycles. The molecule has 6 nitrogen and oxygen atoms in total. The maximum absolute atomic E-state index is 12.0. The number of aryl methyl sites for hydroxylation is 1. The van der Waals surface area contributed by atoms with Crippen molar-refractivity contribution in [2.75, 3.05) is 11.6 Å². The molecule has 21 heavy (non-hydrogen) atoms. The van der Waals surface area contributed by atoms with Crippen LogP contribution in [-0.2, 0) is 9.84 Å². The summed E-state index contributed by atoms with van der Waals surface area (Å²) in [5.41, 5.74) is 1.22. The first-order valence-electron chi connectivity index (χ1n) is 5.88. The van der Waals surface area contributed by atoms with Gasteiger partial charge >= 0.3 is 0 Å². The van der Waals surface area contributed by atoms with E-state index in [1.165, 1.54) is 24.3 Å². The van der Waals surface area contributed by atoms with E-state index in [9.17, 15) is 13.2 Å². The second-order valence-electron chi connectivity index (χ2n) is 4.44. The standard InChI is InChI=1S/C13H12ClN3O3S/c1-8-3-4-9(21(2,19)20)7-11(8)15-13(18)10-5-6-12(14)17-16-10/h3-7H,1-2H3,(H,15,18). The van der Waals surface area contributed by atoms with Crippen LogP contribution in [0.3, 0.4) is 0 Å². The zero-order valence-electron chi connectivity index (χ0n) is 11.3. The van der Waals surface area contributed by atoms with Gasteiger partial charge in [-0.2, -0.15) is 0 Å². The van der Waals surface area contributed by atoms with Crippen molar-refractivity contribution in [3.8, 4) is 0 Å². The van der Waals surface area contributed by atoms with Crippen LogP contribution in [0.5, 0.6) is 0 Å². The summed E-state index contributed by atoms with van der Waals surface area (Å²) in [6, 6.07) is 7.40. The van der Waals surface area contributed by atoms with Gasteiger partial charge in [0, 0.05) is 11.9 Å². The Balaban J connectivity index is 2.31. The van der Waals surface area contributed by atoms with Gasteiger partial charge in [0.05, 0.1) is 4.90 Å². The summed E-state index contributed by atoms with van der Waals surface area (Å²) in [4.78, 5) is 12.2. The summed E-state index contributed by atoms with van der Waals surface area (Å²) in [7, 11) is -3.34. The number of hydrogen-bond acceptors (Lipinski definition) is 5. The molecule has 1 amide bonds. The summed E-state index contributed by atoms with van der Waals surface area (Å²) in [5.74, 6) is -0.493. The highest BCUT2D eigenvalue weighted by atomic mass is 35.5. The molecule has 0 spiro atoms. The number of aromatic nitrogens is 2. The molecule has 0 radical (unpaired) electrons. The molecule has 0 atom stereocenters. The molecule has 1 aromatic heterocycles. The fraction of sp³-hybridized carbons (Fsp3) is 0.154. The monoisotopic (exact) mass is 325 g/mol. The number of carbonyl (C=O) groups excluding carboxylic acids is 1. The summed E-state index contributed by atoms with van der Waals surface area (Å²) in [6.07, 6.45) is 1.11. The number of benzene rings is 1. The predicted molar refractivity (Wildman–Crippen MR) is 79.3 cm³/mol. The number of rotatable bonds is 3. The predicted octanol–water partition coefficient (Wildman–Crippen LogP) is 2.09. The lowest BCUT2D eigenvalue weighted by molar-refractivity contribution is 0.102. The van der Waals surface area contributed by atoms with E-state index in [4.69, 9.17) is 11.6 Å². The fourth-order valence-corrected chi connectivity index (χ4v) is 2.34. The average molecular weight is 326 g/mol. The molecule has 1 aromatic carbocycles. The lowest BCUT2D eigenvalue weighted by Gasteiger charge is -2.09. The lowest BCUT2D eigenvalue weighted by atomic mass is 10.2. The number of halogens is 1. The zero-order chi connectivity index (χ0) is 15.6. The number of hydrogen-bond donors (Lipinski definition) is 1. The van der Waals surface area contributed by atoms with Crippen molar-refractivity contribution in [3.05, 3.63) is 46.7 Å². The molecule has 8 heteroatoms. The van der Waals surface area contributed by atoms with Crippen LogP contribution in [0.1, 0.15) is 16.1 Å². The van der Waals surface area contributed by atoms with Crippen molar-refractivity contribution in [2.45, 2.75) is 11.8 Å². The van der Waals surface area contributed by atoms with Crippen LogP contribution in [0.4, 0.5) is 5.69 Å². The zero-order valence-corrected chi connectivity index (χ0v) is 12.9. The maximum Gasteiger partial charge on any atom is 0.276 e. The first-order valence-corrected chi connectivity index (χ1v) is 8.15. The first kappa shape index (κ1) is 15.4. The van der Waals surface area contributed by atoms with E-state index in [1.54, 1.807) is 13.0 Å². The summed E-state index contributed by atoms with van der Waals surface area (Å²) in [6.45, 7) is 1.76. The van der Waals surface area contributed by atoms with Gasteiger partial charge in [0.2, 0.25) is 0 Å². The molecule has 110 valence electrons. The van der Waals surface area contributed by atoms with Crippen molar-refractivity contribution in [1.29, 1.82) is 0 Å². The highest BCUT2D eigenvalue weighted by Crippen LogP contribution is 2.20. The minimum absolute atomic E-state index is 0.0866. The van der Waals surface area contributed by atoms with E-state index in [0.717, 1.165) is 11.8 Å². The van der Waals surface area contributed by atoms with Crippen LogP contribution in [0.2, 0.25) is 5.15 Å². The van der Waals surface area contributed by atoms with Gasteiger partial charge in [-0.25, -0.2) is 8.42 Å². The Bertz CT molecular complexity index is 789. The molecule has 0 saturated carbocycles. The fourth-order valence-electron chi connectivity index (χ4n) is 1.59. The van der Waals surface area contributed by atoms with Crippen LogP contribution in [0, 0.1) is 6.92 Å². The minimum atomic E-state index is -3.34. The number of carbonyl (C=O) groups is 1. The molecule has 2 rings (SSSR count). The summed E-state index contributed by atoms with van der Waals surface area (Å²) >= 11 is 5.60. The molecular weight excluding hydrogens is 314 g/mol. The smallest absolute Gasteiger partial charge is 0.276 e. The van der Waals surface area contributed by atoms with Gasteiger partial charge in [0.25, 0.3) is 5.91 Å². The van der Waals surface area contributed by atoms with Crippen LogP contribution in [0.25, 0.3) is 0 Å². The van der Waals surface area contributed by atoms with Crippen molar-refractivity contribution in [3.63, 3.8) is 0 Å². The summed E-state index contributed by atoms with van der Waals surface area (Å²) < 4.78 is 23.1. The number of anilines is 1. The van der Waals surface area contributed by atoms with Crippen LogP contribution in [-0.4, -0.2) is 30.8 Å². The van der Waals surface area contributed by atoms with Crippen molar-refractivity contribution in [2.24, 2.45) is 0 Å². The highest BCUT2D eigenvalue weighted by Gasteiger charge is 2.13. The van der Waals surface area contributed by atoms with E-state index in [-0.39, 0.29) is 15.7 Å². The Kier molecular flexibility index (Phi) is 4.24. The molecule has 0 aliphatic heterocycles. The van der Waals surface area contributed by atoms with E-state index in [0.29, 0.717) is 5.69 Å². The molecule has 0 unspecified atom stereocenters. The quantitative estimate of drug-likeness (QED) is 0.933. The van der Waals surface area contributed by atoms with Gasteiger partial charge in [-0.15, -0.1) is 10.2 Å². The van der Waals surface area contributed by atoms with Crippen LogP contribution >= 0.6 is 11.6 Å². The third kappa shape index (κ3) is 3.77. The Labute approximate surface area is 127 Å². The second kappa shape index (κ2) is 5.79. The molecular formula is C13H12ClN3O3S. The number of nitrogens with one attached hydrogen (secondary N) is 1. The van der Waals surface area contributed by atoms with Gasteiger partial charge in [0.1, 0.15) is 0 Å². The minimum Gasteiger partial charge on any atom is -0.320 e. The van der Waals surface area contributed by atoms with Gasteiger partial charge in [-0.05, 0) is 36.8 Å². The van der Waals surface area contributed by atoms with Crippen molar-refractivity contribution < 1.29 is 13.2 Å². The Morgan fingerprint density at radius 2 is 1.90 bits per heavy atom. The lowest BCUT2D eigenvalue weighted by Crippen LogP contribution is -2.15. The number of amides is 1. The molecule has 2 aromatic rings. The first-order chi connectivity index (χ1) is 9.77.